The fourth-order valence-electron chi connectivity index (χ4n) is 1.70. The minimum absolute atomic E-state index is 0.0949. The Balaban J connectivity index is 2.18. The number of alkyl halides is 3. The molecule has 0 spiro atoms. The number of aliphatic hydroxyl groups is 1. The molecule has 21 heavy (non-hydrogen) atoms. The van der Waals surface area contributed by atoms with Gasteiger partial charge in [0.25, 0.3) is 0 Å². The highest BCUT2D eigenvalue weighted by molar-refractivity contribution is 7.98. The van der Waals surface area contributed by atoms with Gasteiger partial charge in [0.05, 0.1) is 18.2 Å². The lowest BCUT2D eigenvalue weighted by atomic mass is 10.1. The quantitative estimate of drug-likeness (QED) is 0.914. The molecule has 0 aliphatic rings. The van der Waals surface area contributed by atoms with E-state index in [0.717, 1.165) is 12.1 Å². The molecule has 0 fully saturated rings. The highest BCUT2D eigenvalue weighted by atomic mass is 32.2. The average Bonchev–Trinajstić information content (AvgIpc) is 2.86. The van der Waals surface area contributed by atoms with E-state index in [1.165, 1.54) is 28.7 Å². The van der Waals surface area contributed by atoms with Crippen LogP contribution in [0, 0.1) is 0 Å². The molecule has 1 aromatic carbocycles. The molecule has 0 unspecified atom stereocenters. The summed E-state index contributed by atoms with van der Waals surface area (Å²) in [7, 11) is 0. The third kappa shape index (κ3) is 4.18. The van der Waals surface area contributed by atoms with Gasteiger partial charge in [-0.2, -0.15) is 29.7 Å². The first-order valence-electron chi connectivity index (χ1n) is 6.02. The molecule has 2 aromatic rings. The van der Waals surface area contributed by atoms with Gasteiger partial charge in [0, 0.05) is 11.3 Å². The van der Waals surface area contributed by atoms with Gasteiger partial charge < -0.3 is 5.11 Å². The van der Waals surface area contributed by atoms with Crippen molar-refractivity contribution >= 4 is 11.8 Å². The fraction of sp³-hybridized carbons (Fsp3) is 0.417. The lowest BCUT2D eigenvalue weighted by molar-refractivity contribution is -0.137. The second kappa shape index (κ2) is 6.44. The van der Waals surface area contributed by atoms with E-state index in [9.17, 15) is 18.3 Å². The third-order valence-electron chi connectivity index (χ3n) is 2.63. The van der Waals surface area contributed by atoms with Crippen LogP contribution < -0.4 is 0 Å². The zero-order valence-corrected chi connectivity index (χ0v) is 11.9. The molecule has 5 nitrogen and oxygen atoms in total. The SMILES string of the molecule is CSC[C@H](O)Cn1nnc(-c2cccc(C(F)(F)F)c2)n1. The van der Waals surface area contributed by atoms with E-state index < -0.39 is 17.8 Å². The van der Waals surface area contributed by atoms with Gasteiger partial charge in [0.1, 0.15) is 0 Å². The topological polar surface area (TPSA) is 63.8 Å². The standard InChI is InChI=1S/C12H13F3N4OS/c1-21-7-10(20)6-19-17-11(16-18-19)8-3-2-4-9(5-8)12(13,14)15/h2-5,10,20H,6-7H2,1H3/t10-/m1/s1. The maximum absolute atomic E-state index is 12.6. The van der Waals surface area contributed by atoms with E-state index in [2.05, 4.69) is 15.4 Å². The first kappa shape index (κ1) is 15.8. The molecule has 1 N–H and O–H groups in total. The number of rotatable bonds is 5. The number of benzene rings is 1. The van der Waals surface area contributed by atoms with Crippen LogP contribution in [0.15, 0.2) is 24.3 Å². The number of tetrazole rings is 1. The molecule has 0 saturated heterocycles. The van der Waals surface area contributed by atoms with Crippen LogP contribution in [-0.4, -0.2) is 43.4 Å². The summed E-state index contributed by atoms with van der Waals surface area (Å²) in [5.41, 5.74) is -0.533. The van der Waals surface area contributed by atoms with Crippen LogP contribution in [0.3, 0.4) is 0 Å². The Bertz CT molecular complexity index is 602. The lowest BCUT2D eigenvalue weighted by Gasteiger charge is -2.07. The van der Waals surface area contributed by atoms with E-state index in [0.29, 0.717) is 5.75 Å². The van der Waals surface area contributed by atoms with Gasteiger partial charge in [-0.05, 0) is 23.6 Å². The molecule has 0 aliphatic carbocycles. The van der Waals surface area contributed by atoms with Crippen LogP contribution in [-0.2, 0) is 12.7 Å². The Hall–Kier alpha value is -1.61. The zero-order valence-electron chi connectivity index (χ0n) is 11.1. The van der Waals surface area contributed by atoms with Gasteiger partial charge in [-0.15, -0.1) is 10.2 Å². The van der Waals surface area contributed by atoms with Gasteiger partial charge in [-0.1, -0.05) is 12.1 Å². The number of aliphatic hydroxyl groups excluding tert-OH is 1. The predicted octanol–water partition coefficient (Wildman–Crippen LogP) is 2.08. The zero-order chi connectivity index (χ0) is 15.5. The monoisotopic (exact) mass is 318 g/mol. The van der Waals surface area contributed by atoms with Crippen molar-refractivity contribution in [3.63, 3.8) is 0 Å². The van der Waals surface area contributed by atoms with Crippen molar-refractivity contribution in [1.29, 1.82) is 0 Å². The molecule has 0 bridgehead atoms. The largest absolute Gasteiger partial charge is 0.416 e. The van der Waals surface area contributed by atoms with E-state index >= 15 is 0 Å². The van der Waals surface area contributed by atoms with Crippen LogP contribution in [0.2, 0.25) is 0 Å². The highest BCUT2D eigenvalue weighted by Crippen LogP contribution is 2.31. The summed E-state index contributed by atoms with van der Waals surface area (Å²) in [6.45, 7) is 0.146. The smallest absolute Gasteiger partial charge is 0.390 e. The Morgan fingerprint density at radius 2 is 2.14 bits per heavy atom. The Kier molecular flexibility index (Phi) is 4.84. The van der Waals surface area contributed by atoms with Crippen molar-refractivity contribution in [1.82, 2.24) is 20.2 Å². The van der Waals surface area contributed by atoms with Crippen molar-refractivity contribution in [2.45, 2.75) is 18.8 Å². The minimum atomic E-state index is -4.42. The maximum atomic E-state index is 12.6. The van der Waals surface area contributed by atoms with E-state index in [4.69, 9.17) is 0 Å². The van der Waals surface area contributed by atoms with E-state index in [1.807, 2.05) is 6.26 Å². The number of hydrogen-bond donors (Lipinski definition) is 1. The van der Waals surface area contributed by atoms with Crippen LogP contribution in [0.4, 0.5) is 13.2 Å². The van der Waals surface area contributed by atoms with Crippen LogP contribution in [0.5, 0.6) is 0 Å². The number of aromatic nitrogens is 4. The van der Waals surface area contributed by atoms with Gasteiger partial charge >= 0.3 is 6.18 Å². The van der Waals surface area contributed by atoms with Crippen LogP contribution >= 0.6 is 11.8 Å². The summed E-state index contributed by atoms with van der Waals surface area (Å²) in [6.07, 6.45) is -3.20. The molecule has 2 rings (SSSR count). The lowest BCUT2D eigenvalue weighted by Crippen LogP contribution is -2.20. The molecule has 0 aliphatic heterocycles. The Labute approximate surface area is 123 Å². The van der Waals surface area contributed by atoms with Crippen molar-refractivity contribution in [2.24, 2.45) is 0 Å². The number of hydrogen-bond acceptors (Lipinski definition) is 5. The van der Waals surface area contributed by atoms with Gasteiger partial charge in [-0.25, -0.2) is 0 Å². The summed E-state index contributed by atoms with van der Waals surface area (Å²) in [5.74, 6) is 0.609. The first-order chi connectivity index (χ1) is 9.90. The van der Waals surface area contributed by atoms with Crippen LogP contribution in [0.1, 0.15) is 5.56 Å². The number of nitrogens with zero attached hydrogens (tertiary/aromatic N) is 4. The second-order valence-corrected chi connectivity index (χ2v) is 5.27. The summed E-state index contributed by atoms with van der Waals surface area (Å²) in [5, 5.41) is 21.1. The Morgan fingerprint density at radius 1 is 1.38 bits per heavy atom. The highest BCUT2D eigenvalue weighted by Gasteiger charge is 2.30. The molecule has 0 saturated carbocycles. The summed E-state index contributed by atoms with van der Waals surface area (Å²) in [4.78, 5) is 1.18. The fourth-order valence-corrected chi connectivity index (χ4v) is 2.19. The molecule has 114 valence electrons. The molecule has 1 aromatic heterocycles. The number of halogens is 3. The van der Waals surface area contributed by atoms with Crippen LogP contribution in [0.25, 0.3) is 11.4 Å². The van der Waals surface area contributed by atoms with Gasteiger partial charge in [0.2, 0.25) is 5.82 Å². The normalized spacial score (nSPS) is 13.4. The number of thioether (sulfide) groups is 1. The molecule has 0 radical (unpaired) electrons. The van der Waals surface area contributed by atoms with E-state index in [1.54, 1.807) is 0 Å². The van der Waals surface area contributed by atoms with Crippen molar-refractivity contribution in [3.05, 3.63) is 29.8 Å². The molecule has 1 atom stereocenters. The predicted molar refractivity (Wildman–Crippen MR) is 72.6 cm³/mol. The first-order valence-corrected chi connectivity index (χ1v) is 7.42. The van der Waals surface area contributed by atoms with Crippen molar-refractivity contribution < 1.29 is 18.3 Å². The molecule has 1 heterocycles. The van der Waals surface area contributed by atoms with Gasteiger partial charge in [0.15, 0.2) is 0 Å². The minimum Gasteiger partial charge on any atom is -0.390 e. The summed E-state index contributed by atoms with van der Waals surface area (Å²) < 4.78 is 37.9. The average molecular weight is 318 g/mol. The van der Waals surface area contributed by atoms with Gasteiger partial charge in [-0.3, -0.25) is 0 Å². The van der Waals surface area contributed by atoms with Crippen molar-refractivity contribution in [3.8, 4) is 11.4 Å². The summed E-state index contributed by atoms with van der Waals surface area (Å²) >= 11 is 1.47. The molecule has 9 heteroatoms. The maximum Gasteiger partial charge on any atom is 0.416 e. The van der Waals surface area contributed by atoms with Crippen molar-refractivity contribution in [2.75, 3.05) is 12.0 Å². The molecular weight excluding hydrogens is 305 g/mol. The third-order valence-corrected chi connectivity index (χ3v) is 3.35. The second-order valence-electron chi connectivity index (χ2n) is 4.36. The van der Waals surface area contributed by atoms with E-state index in [-0.39, 0.29) is 17.9 Å². The molecule has 0 amide bonds. The molecular formula is C12H13F3N4OS. The Morgan fingerprint density at radius 3 is 2.81 bits per heavy atom. The summed E-state index contributed by atoms with van der Waals surface area (Å²) in [6, 6.07) is 4.73.